The van der Waals surface area contributed by atoms with Gasteiger partial charge in [0.05, 0.1) is 22.2 Å². The maximum atomic E-state index is 5.57. The Morgan fingerprint density at radius 1 is 0.400 bits per heavy atom. The first kappa shape index (κ1) is 26.6. The molecular formula is C46H25N3S. The molecule has 0 N–H and O–H groups in total. The first-order chi connectivity index (χ1) is 24.8. The molecule has 4 heteroatoms. The molecule has 0 radical (unpaired) electrons. The largest absolute Gasteiger partial charge is 0.278 e. The number of rotatable bonds is 2. The zero-order valence-corrected chi connectivity index (χ0v) is 27.5. The Kier molecular flexibility index (Phi) is 5.12. The van der Waals surface area contributed by atoms with Crippen molar-refractivity contribution in [1.29, 1.82) is 0 Å². The molecule has 9 aromatic carbocycles. The lowest BCUT2D eigenvalue weighted by Crippen LogP contribution is -2.03. The van der Waals surface area contributed by atoms with Gasteiger partial charge < -0.3 is 0 Å². The molecule has 0 bridgehead atoms. The molecule has 12 rings (SSSR count). The van der Waals surface area contributed by atoms with Gasteiger partial charge in [-0.2, -0.15) is 0 Å². The molecule has 0 fully saturated rings. The SMILES string of the molecule is c1ccc2cc(-c3nc(-n4c5cccc6c7ccccc7c7cccc8sc9ccc4c(c9c87)c65)nc4ccc5ccccc5c34)ccc2c1. The van der Waals surface area contributed by atoms with Crippen LogP contribution in [0.5, 0.6) is 0 Å². The van der Waals surface area contributed by atoms with Crippen LogP contribution in [0.1, 0.15) is 0 Å². The zero-order chi connectivity index (χ0) is 32.5. The number of hydrogen-bond donors (Lipinski definition) is 0. The highest BCUT2D eigenvalue weighted by Crippen LogP contribution is 2.48. The summed E-state index contributed by atoms with van der Waals surface area (Å²) in [5.41, 5.74) is 5.19. The molecule has 0 unspecified atom stereocenters. The van der Waals surface area contributed by atoms with Crippen LogP contribution in [-0.2, 0) is 0 Å². The van der Waals surface area contributed by atoms with Gasteiger partial charge in [0, 0.05) is 41.9 Å². The van der Waals surface area contributed by atoms with E-state index in [1.807, 2.05) is 11.3 Å². The normalized spacial score (nSPS) is 12.4. The van der Waals surface area contributed by atoms with Gasteiger partial charge in [0.1, 0.15) is 0 Å². The summed E-state index contributed by atoms with van der Waals surface area (Å²) in [7, 11) is 0. The average molecular weight is 652 g/mol. The highest BCUT2D eigenvalue weighted by atomic mass is 32.1. The molecule has 3 nitrogen and oxygen atoms in total. The Morgan fingerprint density at radius 2 is 1.06 bits per heavy atom. The minimum Gasteiger partial charge on any atom is -0.278 e. The van der Waals surface area contributed by atoms with E-state index < -0.39 is 0 Å². The van der Waals surface area contributed by atoms with Gasteiger partial charge in [0.2, 0.25) is 5.95 Å². The van der Waals surface area contributed by atoms with Crippen molar-refractivity contribution in [2.45, 2.75) is 0 Å². The molecule has 0 aliphatic heterocycles. The summed E-state index contributed by atoms with van der Waals surface area (Å²) < 4.78 is 4.93. The van der Waals surface area contributed by atoms with Crippen LogP contribution in [-0.4, -0.2) is 14.5 Å². The molecule has 3 aromatic heterocycles. The van der Waals surface area contributed by atoms with Gasteiger partial charge in [-0.1, -0.05) is 115 Å². The van der Waals surface area contributed by atoms with Crippen LogP contribution < -0.4 is 0 Å². The van der Waals surface area contributed by atoms with Crippen molar-refractivity contribution in [1.82, 2.24) is 14.5 Å². The minimum absolute atomic E-state index is 0.680. The molecule has 3 heterocycles. The molecule has 0 saturated carbocycles. The molecular weight excluding hydrogens is 627 g/mol. The number of nitrogens with zero attached hydrogens (tertiary/aromatic N) is 3. The molecule has 0 saturated heterocycles. The minimum atomic E-state index is 0.680. The number of fused-ring (bicyclic) bond motifs is 7. The standard InChI is InChI=1S/C46H25N3S/c1-2-11-28-25-29(20-19-26(28)9-1)45-40-30-12-4-3-10-27(30)21-22-35(40)47-46(48-45)49-36-17-7-15-33-31-13-5-6-14-32(31)34-16-8-18-38-42(34)44-39(50-38)24-23-37(49)43(44)41(33)36/h1-25H. The Morgan fingerprint density at radius 3 is 1.92 bits per heavy atom. The Labute approximate surface area is 289 Å². The second-order valence-corrected chi connectivity index (χ2v) is 14.4. The van der Waals surface area contributed by atoms with Crippen LogP contribution in [0.2, 0.25) is 0 Å². The second-order valence-electron chi connectivity index (χ2n) is 13.3. The highest BCUT2D eigenvalue weighted by molar-refractivity contribution is 7.26. The van der Waals surface area contributed by atoms with E-state index >= 15 is 0 Å². The van der Waals surface area contributed by atoms with E-state index in [1.54, 1.807) is 0 Å². The van der Waals surface area contributed by atoms with Gasteiger partial charge >= 0.3 is 0 Å². The van der Waals surface area contributed by atoms with Crippen molar-refractivity contribution >= 4 is 107 Å². The Balaban J connectivity index is 1.29. The predicted molar refractivity (Wildman–Crippen MR) is 213 cm³/mol. The van der Waals surface area contributed by atoms with Crippen LogP contribution >= 0.6 is 11.3 Å². The monoisotopic (exact) mass is 651 g/mol. The summed E-state index contributed by atoms with van der Waals surface area (Å²) in [5.74, 6) is 0.680. The lowest BCUT2D eigenvalue weighted by Gasteiger charge is -2.14. The smallest absolute Gasteiger partial charge is 0.235 e. The second kappa shape index (κ2) is 9.63. The van der Waals surface area contributed by atoms with E-state index in [1.165, 1.54) is 68.6 Å². The molecule has 0 aliphatic carbocycles. The maximum absolute atomic E-state index is 5.57. The van der Waals surface area contributed by atoms with Crippen molar-refractivity contribution in [3.8, 4) is 17.2 Å². The zero-order valence-electron chi connectivity index (χ0n) is 26.7. The van der Waals surface area contributed by atoms with Gasteiger partial charge in [-0.05, 0) is 79.5 Å². The third-order valence-corrected chi connectivity index (χ3v) is 11.8. The van der Waals surface area contributed by atoms with E-state index in [2.05, 4.69) is 156 Å². The fraction of sp³-hybridized carbons (Fsp3) is 0. The van der Waals surface area contributed by atoms with Gasteiger partial charge in [0.15, 0.2) is 0 Å². The lowest BCUT2D eigenvalue weighted by molar-refractivity contribution is 1.02. The van der Waals surface area contributed by atoms with Gasteiger partial charge in [-0.25, -0.2) is 9.97 Å². The summed E-state index contributed by atoms with van der Waals surface area (Å²) in [5, 5.41) is 16.1. The van der Waals surface area contributed by atoms with Gasteiger partial charge in [-0.3, -0.25) is 4.57 Å². The van der Waals surface area contributed by atoms with Crippen LogP contribution in [0.25, 0.3) is 113 Å². The first-order valence-corrected chi connectivity index (χ1v) is 17.8. The summed E-state index contributed by atoms with van der Waals surface area (Å²) in [6.45, 7) is 0. The van der Waals surface area contributed by atoms with Crippen molar-refractivity contribution in [2.24, 2.45) is 0 Å². The van der Waals surface area contributed by atoms with Crippen molar-refractivity contribution < 1.29 is 0 Å². The highest BCUT2D eigenvalue weighted by Gasteiger charge is 2.24. The van der Waals surface area contributed by atoms with Crippen molar-refractivity contribution in [3.63, 3.8) is 0 Å². The van der Waals surface area contributed by atoms with E-state index in [4.69, 9.17) is 9.97 Å². The quantitative estimate of drug-likeness (QED) is 0.174. The molecule has 0 aliphatic rings. The van der Waals surface area contributed by atoms with E-state index in [0.717, 1.165) is 38.6 Å². The molecule has 0 amide bonds. The fourth-order valence-electron chi connectivity index (χ4n) is 8.61. The van der Waals surface area contributed by atoms with Crippen LogP contribution in [0.4, 0.5) is 0 Å². The summed E-state index contributed by atoms with van der Waals surface area (Å²) in [6, 6.07) is 55.1. The molecule has 230 valence electrons. The fourth-order valence-corrected chi connectivity index (χ4v) is 9.75. The average Bonchev–Trinajstić information content (AvgIpc) is 3.72. The third kappa shape index (κ3) is 3.43. The molecule has 0 spiro atoms. The van der Waals surface area contributed by atoms with E-state index in [-0.39, 0.29) is 0 Å². The van der Waals surface area contributed by atoms with Gasteiger partial charge in [0.25, 0.3) is 0 Å². The van der Waals surface area contributed by atoms with Gasteiger partial charge in [-0.15, -0.1) is 11.3 Å². The van der Waals surface area contributed by atoms with Crippen LogP contribution in [0.15, 0.2) is 152 Å². The predicted octanol–water partition coefficient (Wildman–Crippen LogP) is 12.8. The van der Waals surface area contributed by atoms with E-state index in [9.17, 15) is 0 Å². The number of hydrogen-bond acceptors (Lipinski definition) is 3. The van der Waals surface area contributed by atoms with Crippen molar-refractivity contribution in [2.75, 3.05) is 0 Å². The van der Waals surface area contributed by atoms with Crippen LogP contribution in [0, 0.1) is 0 Å². The lowest BCUT2D eigenvalue weighted by atomic mass is 9.95. The maximum Gasteiger partial charge on any atom is 0.235 e. The van der Waals surface area contributed by atoms with E-state index in [0.29, 0.717) is 5.95 Å². The molecule has 0 atom stereocenters. The number of benzene rings is 8. The summed E-state index contributed by atoms with van der Waals surface area (Å²) >= 11 is 1.88. The number of aromatic nitrogens is 3. The first-order valence-electron chi connectivity index (χ1n) is 17.0. The third-order valence-electron chi connectivity index (χ3n) is 10.7. The summed E-state index contributed by atoms with van der Waals surface area (Å²) in [4.78, 5) is 11.0. The van der Waals surface area contributed by atoms with Crippen molar-refractivity contribution in [3.05, 3.63) is 152 Å². The number of thiophene rings is 1. The summed E-state index contributed by atoms with van der Waals surface area (Å²) in [6.07, 6.45) is 0. The topological polar surface area (TPSA) is 30.7 Å². The Bertz CT molecular complexity index is 3390. The Hall–Kier alpha value is -6.36. The van der Waals surface area contributed by atoms with Crippen LogP contribution in [0.3, 0.4) is 0 Å². The molecule has 50 heavy (non-hydrogen) atoms. The molecule has 12 aromatic rings.